The molecule has 4 heteroatoms. The molecule has 0 heterocycles. The summed E-state index contributed by atoms with van der Waals surface area (Å²) in [4.78, 5) is 14.0. The maximum atomic E-state index is 12.2. The first-order chi connectivity index (χ1) is 9.66. The van der Waals surface area contributed by atoms with Crippen LogP contribution in [-0.4, -0.2) is 31.0 Å². The van der Waals surface area contributed by atoms with Crippen LogP contribution in [0.15, 0.2) is 36.4 Å². The van der Waals surface area contributed by atoms with Crippen molar-refractivity contribution in [1.29, 1.82) is 0 Å². The minimum absolute atomic E-state index is 0.135. The van der Waals surface area contributed by atoms with Crippen LogP contribution in [0, 0.1) is 5.92 Å². The van der Waals surface area contributed by atoms with Gasteiger partial charge in [-0.3, -0.25) is 4.79 Å². The van der Waals surface area contributed by atoms with Crippen molar-refractivity contribution in [3.05, 3.63) is 41.4 Å². The molecule has 0 saturated carbocycles. The van der Waals surface area contributed by atoms with Crippen molar-refractivity contribution >= 4 is 17.5 Å². The van der Waals surface area contributed by atoms with Gasteiger partial charge in [0, 0.05) is 18.0 Å². The van der Waals surface area contributed by atoms with Crippen molar-refractivity contribution in [2.75, 3.05) is 20.2 Å². The number of benzene rings is 1. The molecule has 0 radical (unpaired) electrons. The second-order valence-corrected chi connectivity index (χ2v) is 5.48. The van der Waals surface area contributed by atoms with Crippen LogP contribution in [0.5, 0.6) is 5.75 Å². The van der Waals surface area contributed by atoms with Crippen LogP contribution < -0.4 is 4.74 Å². The molecule has 0 saturated heterocycles. The Balaban J connectivity index is 1.75. The van der Waals surface area contributed by atoms with Crippen molar-refractivity contribution in [3.63, 3.8) is 0 Å². The molecule has 1 unspecified atom stereocenters. The number of rotatable bonds is 5. The second kappa shape index (κ2) is 7.34. The average Bonchev–Trinajstić information content (AvgIpc) is 2.47. The molecular weight excluding hydrogens is 274 g/mol. The van der Waals surface area contributed by atoms with Gasteiger partial charge in [-0.2, -0.15) is 0 Å². The maximum absolute atomic E-state index is 12.2. The maximum Gasteiger partial charge on any atom is 0.225 e. The standard InChI is InChI=1S/C16H20ClNO2/c1-18(16(19)13-6-3-2-4-7-13)10-11-20-15-9-5-8-14(17)12-15/h2-3,5,8-9,12-13H,4,6-7,10-11H2,1H3. The van der Waals surface area contributed by atoms with E-state index >= 15 is 0 Å². The highest BCUT2D eigenvalue weighted by molar-refractivity contribution is 6.30. The fraction of sp³-hybridized carbons (Fsp3) is 0.438. The SMILES string of the molecule is CN(CCOc1cccc(Cl)c1)C(=O)C1CC=CCC1. The van der Waals surface area contributed by atoms with E-state index in [0.717, 1.165) is 25.0 Å². The number of hydrogen-bond acceptors (Lipinski definition) is 2. The molecular formula is C16H20ClNO2. The summed E-state index contributed by atoms with van der Waals surface area (Å²) in [6, 6.07) is 7.29. The number of hydrogen-bond donors (Lipinski definition) is 0. The Morgan fingerprint density at radius 2 is 2.30 bits per heavy atom. The number of nitrogens with zero attached hydrogens (tertiary/aromatic N) is 1. The zero-order valence-electron chi connectivity index (χ0n) is 11.7. The van der Waals surface area contributed by atoms with Crippen molar-refractivity contribution in [2.24, 2.45) is 5.92 Å². The van der Waals surface area contributed by atoms with Gasteiger partial charge in [0.15, 0.2) is 0 Å². The van der Waals surface area contributed by atoms with Gasteiger partial charge in [-0.25, -0.2) is 0 Å². The van der Waals surface area contributed by atoms with Gasteiger partial charge in [0.1, 0.15) is 12.4 Å². The third kappa shape index (κ3) is 4.27. The molecule has 0 N–H and O–H groups in total. The van der Waals surface area contributed by atoms with Crippen LogP contribution in [0.25, 0.3) is 0 Å². The van der Waals surface area contributed by atoms with Gasteiger partial charge in [-0.05, 0) is 37.5 Å². The van der Waals surface area contributed by atoms with E-state index in [2.05, 4.69) is 12.2 Å². The predicted octanol–water partition coefficient (Wildman–Crippen LogP) is 3.53. The minimum atomic E-state index is 0.135. The van der Waals surface area contributed by atoms with E-state index in [0.29, 0.717) is 18.2 Å². The monoisotopic (exact) mass is 293 g/mol. The Hall–Kier alpha value is -1.48. The van der Waals surface area contributed by atoms with E-state index < -0.39 is 0 Å². The molecule has 2 rings (SSSR count). The first-order valence-electron chi connectivity index (χ1n) is 6.95. The summed E-state index contributed by atoms with van der Waals surface area (Å²) in [6.07, 6.45) is 7.06. The molecule has 3 nitrogen and oxygen atoms in total. The van der Waals surface area contributed by atoms with Crippen molar-refractivity contribution in [1.82, 2.24) is 4.90 Å². The van der Waals surface area contributed by atoms with Crippen LogP contribution in [0.4, 0.5) is 0 Å². The fourth-order valence-corrected chi connectivity index (χ4v) is 2.48. The van der Waals surface area contributed by atoms with Gasteiger partial charge in [-0.1, -0.05) is 29.8 Å². The number of allylic oxidation sites excluding steroid dienone is 2. The Morgan fingerprint density at radius 3 is 3.00 bits per heavy atom. The van der Waals surface area contributed by atoms with E-state index in [-0.39, 0.29) is 11.8 Å². The number of ether oxygens (including phenoxy) is 1. The van der Waals surface area contributed by atoms with E-state index in [1.54, 1.807) is 17.0 Å². The van der Waals surface area contributed by atoms with Crippen LogP contribution >= 0.6 is 11.6 Å². The zero-order valence-corrected chi connectivity index (χ0v) is 12.5. The van der Waals surface area contributed by atoms with Gasteiger partial charge in [0.25, 0.3) is 0 Å². The van der Waals surface area contributed by atoms with E-state index in [1.807, 2.05) is 19.2 Å². The molecule has 20 heavy (non-hydrogen) atoms. The molecule has 0 aromatic heterocycles. The van der Waals surface area contributed by atoms with E-state index in [4.69, 9.17) is 16.3 Å². The summed E-state index contributed by atoms with van der Waals surface area (Å²) in [5.41, 5.74) is 0. The third-order valence-corrected chi connectivity index (χ3v) is 3.72. The van der Waals surface area contributed by atoms with Gasteiger partial charge >= 0.3 is 0 Å². The lowest BCUT2D eigenvalue weighted by molar-refractivity contribution is -0.134. The van der Waals surface area contributed by atoms with E-state index in [9.17, 15) is 4.79 Å². The lowest BCUT2D eigenvalue weighted by Crippen LogP contribution is -2.36. The topological polar surface area (TPSA) is 29.5 Å². The van der Waals surface area contributed by atoms with Crippen LogP contribution in [0.1, 0.15) is 19.3 Å². The van der Waals surface area contributed by atoms with Crippen LogP contribution in [0.3, 0.4) is 0 Å². The highest BCUT2D eigenvalue weighted by Gasteiger charge is 2.21. The smallest absolute Gasteiger partial charge is 0.225 e. The largest absolute Gasteiger partial charge is 0.492 e. The summed E-state index contributed by atoms with van der Waals surface area (Å²) < 4.78 is 5.60. The van der Waals surface area contributed by atoms with E-state index in [1.165, 1.54) is 0 Å². The molecule has 0 aliphatic heterocycles. The Kier molecular flexibility index (Phi) is 5.48. The van der Waals surface area contributed by atoms with Crippen LogP contribution in [-0.2, 0) is 4.79 Å². The summed E-state index contributed by atoms with van der Waals surface area (Å²) in [6.45, 7) is 1.07. The molecule has 0 bridgehead atoms. The van der Waals surface area contributed by atoms with Crippen molar-refractivity contribution in [2.45, 2.75) is 19.3 Å². The Bertz CT molecular complexity index is 487. The number of halogens is 1. The van der Waals surface area contributed by atoms with Crippen LogP contribution in [0.2, 0.25) is 5.02 Å². The van der Waals surface area contributed by atoms with Gasteiger partial charge in [-0.15, -0.1) is 0 Å². The number of likely N-dealkylation sites (N-methyl/N-ethyl adjacent to an activating group) is 1. The zero-order chi connectivity index (χ0) is 14.4. The number of carbonyl (C=O) groups excluding carboxylic acids is 1. The summed E-state index contributed by atoms with van der Waals surface area (Å²) >= 11 is 5.89. The molecule has 0 spiro atoms. The first kappa shape index (κ1) is 14.9. The van der Waals surface area contributed by atoms with Gasteiger partial charge in [0.05, 0.1) is 6.54 Å². The molecule has 1 aliphatic carbocycles. The van der Waals surface area contributed by atoms with Gasteiger partial charge in [0.2, 0.25) is 5.91 Å². The minimum Gasteiger partial charge on any atom is -0.492 e. The summed E-state index contributed by atoms with van der Waals surface area (Å²) in [5.74, 6) is 1.08. The molecule has 1 aromatic rings. The lowest BCUT2D eigenvalue weighted by Gasteiger charge is -2.24. The average molecular weight is 294 g/mol. The molecule has 1 aliphatic rings. The molecule has 108 valence electrons. The Morgan fingerprint density at radius 1 is 1.45 bits per heavy atom. The number of carbonyl (C=O) groups is 1. The number of amides is 1. The molecule has 0 fully saturated rings. The molecule has 1 atom stereocenters. The fourth-order valence-electron chi connectivity index (χ4n) is 2.30. The highest BCUT2D eigenvalue weighted by Crippen LogP contribution is 2.20. The third-order valence-electron chi connectivity index (χ3n) is 3.49. The molecule has 1 aromatic carbocycles. The second-order valence-electron chi connectivity index (χ2n) is 5.05. The lowest BCUT2D eigenvalue weighted by atomic mass is 9.93. The normalized spacial score (nSPS) is 17.8. The predicted molar refractivity (Wildman–Crippen MR) is 81.1 cm³/mol. The first-order valence-corrected chi connectivity index (χ1v) is 7.33. The van der Waals surface area contributed by atoms with Gasteiger partial charge < -0.3 is 9.64 Å². The molecule has 1 amide bonds. The van der Waals surface area contributed by atoms with Crippen molar-refractivity contribution < 1.29 is 9.53 Å². The Labute approximate surface area is 125 Å². The summed E-state index contributed by atoms with van der Waals surface area (Å²) in [5, 5.41) is 0.654. The highest BCUT2D eigenvalue weighted by atomic mass is 35.5. The quantitative estimate of drug-likeness (QED) is 0.777. The summed E-state index contributed by atoms with van der Waals surface area (Å²) in [7, 11) is 1.84. The van der Waals surface area contributed by atoms with Crippen molar-refractivity contribution in [3.8, 4) is 5.75 Å².